The maximum atomic E-state index is 11.1. The van der Waals surface area contributed by atoms with E-state index in [0.29, 0.717) is 5.56 Å². The molecule has 2 atom stereocenters. The Morgan fingerprint density at radius 3 is 2.47 bits per heavy atom. The molecule has 0 aromatic heterocycles. The second-order valence-electron chi connectivity index (χ2n) is 3.95. The minimum absolute atomic E-state index is 0.0182. The largest absolute Gasteiger partial charge is 0.506 e. The zero-order valence-corrected chi connectivity index (χ0v) is 10.4. The predicted octanol–water partition coefficient (Wildman–Crippen LogP) is 0.144. The van der Waals surface area contributed by atoms with E-state index < -0.39 is 22.2 Å². The smallest absolute Gasteiger partial charge is 0.229 e. The quantitative estimate of drug-likeness (QED) is 0.575. The Hall–Kier alpha value is -1.31. The van der Waals surface area contributed by atoms with E-state index in [1.54, 1.807) is 6.92 Å². The number of anilines is 1. The Morgan fingerprint density at radius 1 is 1.41 bits per heavy atom. The molecule has 1 rings (SSSR count). The lowest BCUT2D eigenvalue weighted by Gasteiger charge is -2.16. The number of phenolic OH excluding ortho intramolecular Hbond substituents is 1. The average Bonchev–Trinajstić information content (AvgIpc) is 2.18. The first-order chi connectivity index (χ1) is 7.70. The van der Waals surface area contributed by atoms with Crippen molar-refractivity contribution in [2.45, 2.75) is 19.1 Å². The zero-order valence-electron chi connectivity index (χ0n) is 9.58. The summed E-state index contributed by atoms with van der Waals surface area (Å²) >= 11 is 0. The molecule has 0 aliphatic heterocycles. The molecule has 0 aliphatic carbocycles. The van der Waals surface area contributed by atoms with Gasteiger partial charge in [-0.3, -0.25) is 4.72 Å². The second-order valence-corrected chi connectivity index (χ2v) is 5.70. The molecule has 0 spiro atoms. The molecule has 1 unspecified atom stereocenters. The Labute approximate surface area is 100 Å². The molecule has 1 aromatic rings. The van der Waals surface area contributed by atoms with Gasteiger partial charge in [-0.25, -0.2) is 8.42 Å². The first-order valence-electron chi connectivity index (χ1n) is 4.95. The molecule has 0 amide bonds. The van der Waals surface area contributed by atoms with Gasteiger partial charge in [-0.15, -0.1) is 0 Å². The number of aliphatic hydroxyl groups is 1. The van der Waals surface area contributed by atoms with Crippen molar-refractivity contribution in [3.05, 3.63) is 23.8 Å². The van der Waals surface area contributed by atoms with Gasteiger partial charge in [0.25, 0.3) is 0 Å². The summed E-state index contributed by atoms with van der Waals surface area (Å²) in [7, 11) is -3.49. The van der Waals surface area contributed by atoms with E-state index in [0.717, 1.165) is 6.26 Å². The number of nitrogens with one attached hydrogen (secondary N) is 1. The lowest BCUT2D eigenvalue weighted by molar-refractivity contribution is 0.153. The third kappa shape index (κ3) is 3.88. The number of aromatic hydroxyl groups is 1. The van der Waals surface area contributed by atoms with Gasteiger partial charge in [0.05, 0.1) is 18.0 Å². The average molecular weight is 260 g/mol. The van der Waals surface area contributed by atoms with Crippen molar-refractivity contribution in [3.63, 3.8) is 0 Å². The van der Waals surface area contributed by atoms with Crippen LogP contribution in [0.15, 0.2) is 18.2 Å². The van der Waals surface area contributed by atoms with Crippen LogP contribution in [0.5, 0.6) is 5.75 Å². The molecule has 6 nitrogen and oxygen atoms in total. The molecular weight excluding hydrogens is 244 g/mol. The molecule has 0 fully saturated rings. The van der Waals surface area contributed by atoms with Crippen LogP contribution in [0.1, 0.15) is 18.6 Å². The highest BCUT2D eigenvalue weighted by molar-refractivity contribution is 7.92. The number of benzene rings is 1. The summed E-state index contributed by atoms with van der Waals surface area (Å²) in [5.41, 5.74) is 5.98. The molecule has 0 radical (unpaired) electrons. The van der Waals surface area contributed by atoms with Gasteiger partial charge in [-0.2, -0.15) is 0 Å². The Bertz CT molecular complexity index is 499. The number of hydrogen-bond acceptors (Lipinski definition) is 5. The number of rotatable bonds is 4. The normalized spacial score (nSPS) is 15.3. The first-order valence-corrected chi connectivity index (χ1v) is 6.84. The molecular formula is C10H16N2O4S. The fourth-order valence-electron chi connectivity index (χ4n) is 1.32. The van der Waals surface area contributed by atoms with Gasteiger partial charge in [-0.1, -0.05) is 6.07 Å². The molecule has 0 bridgehead atoms. The monoisotopic (exact) mass is 260 g/mol. The molecule has 0 saturated carbocycles. The molecule has 0 saturated heterocycles. The first kappa shape index (κ1) is 13.8. The van der Waals surface area contributed by atoms with Gasteiger partial charge in [-0.05, 0) is 24.6 Å². The van der Waals surface area contributed by atoms with Crippen molar-refractivity contribution >= 4 is 15.7 Å². The topological polar surface area (TPSA) is 113 Å². The minimum Gasteiger partial charge on any atom is -0.506 e. The number of hydrogen-bond donors (Lipinski definition) is 4. The highest BCUT2D eigenvalue weighted by Gasteiger charge is 2.15. The summed E-state index contributed by atoms with van der Waals surface area (Å²) in [5, 5.41) is 19.2. The predicted molar refractivity (Wildman–Crippen MR) is 65.2 cm³/mol. The van der Waals surface area contributed by atoms with Gasteiger partial charge in [0, 0.05) is 6.04 Å². The molecule has 17 heavy (non-hydrogen) atoms. The standard InChI is InChI=1S/C10H16N2O4S/c1-6(11)10(14)7-3-4-9(13)8(5-7)12-17(2,15)16/h3-6,10,12-14H,11H2,1-2H3/t6?,10-/m0/s1. The molecule has 0 aliphatic rings. The molecule has 0 heterocycles. The van der Waals surface area contributed by atoms with E-state index in [4.69, 9.17) is 5.73 Å². The lowest BCUT2D eigenvalue weighted by Crippen LogP contribution is -2.24. The fraction of sp³-hybridized carbons (Fsp3) is 0.400. The summed E-state index contributed by atoms with van der Waals surface area (Å²) in [6.45, 7) is 1.63. The van der Waals surface area contributed by atoms with Gasteiger partial charge in [0.2, 0.25) is 10.0 Å². The van der Waals surface area contributed by atoms with E-state index in [1.165, 1.54) is 18.2 Å². The Balaban J connectivity index is 3.11. The van der Waals surface area contributed by atoms with Crippen LogP contribution in [-0.4, -0.2) is 30.9 Å². The molecule has 7 heteroatoms. The van der Waals surface area contributed by atoms with Crippen LogP contribution in [0.4, 0.5) is 5.69 Å². The number of phenols is 1. The maximum absolute atomic E-state index is 11.1. The van der Waals surface area contributed by atoms with Crippen LogP contribution in [0.3, 0.4) is 0 Å². The molecule has 1 aromatic carbocycles. The fourth-order valence-corrected chi connectivity index (χ4v) is 1.89. The van der Waals surface area contributed by atoms with E-state index in [2.05, 4.69) is 4.72 Å². The number of aliphatic hydroxyl groups excluding tert-OH is 1. The van der Waals surface area contributed by atoms with Gasteiger partial charge in [0.15, 0.2) is 0 Å². The minimum atomic E-state index is -3.49. The van der Waals surface area contributed by atoms with Crippen molar-refractivity contribution in [2.75, 3.05) is 11.0 Å². The molecule has 5 N–H and O–H groups in total. The summed E-state index contributed by atoms with van der Waals surface area (Å²) in [5.74, 6) is -0.212. The van der Waals surface area contributed by atoms with Crippen molar-refractivity contribution in [2.24, 2.45) is 5.73 Å². The highest BCUT2D eigenvalue weighted by atomic mass is 32.2. The van der Waals surface area contributed by atoms with E-state index >= 15 is 0 Å². The zero-order chi connectivity index (χ0) is 13.2. The van der Waals surface area contributed by atoms with Crippen LogP contribution >= 0.6 is 0 Å². The SMILES string of the molecule is CC(N)[C@H](O)c1ccc(O)c(NS(C)(=O)=O)c1. The van der Waals surface area contributed by atoms with Crippen LogP contribution in [0.25, 0.3) is 0 Å². The van der Waals surface area contributed by atoms with Crippen molar-refractivity contribution in [1.82, 2.24) is 0 Å². The summed E-state index contributed by atoms with van der Waals surface area (Å²) < 4.78 is 24.3. The number of sulfonamides is 1. The van der Waals surface area contributed by atoms with E-state index in [1.807, 2.05) is 0 Å². The van der Waals surface area contributed by atoms with Crippen LogP contribution in [0.2, 0.25) is 0 Å². The van der Waals surface area contributed by atoms with Crippen molar-refractivity contribution in [3.8, 4) is 5.75 Å². The summed E-state index contributed by atoms with van der Waals surface area (Å²) in [6, 6.07) is 3.64. The van der Waals surface area contributed by atoms with Crippen LogP contribution in [0, 0.1) is 0 Å². The Morgan fingerprint density at radius 2 is 2.00 bits per heavy atom. The second kappa shape index (κ2) is 4.91. The highest BCUT2D eigenvalue weighted by Crippen LogP contribution is 2.28. The van der Waals surface area contributed by atoms with Gasteiger partial charge >= 0.3 is 0 Å². The van der Waals surface area contributed by atoms with E-state index in [-0.39, 0.29) is 11.4 Å². The Kier molecular flexibility index (Phi) is 3.97. The van der Waals surface area contributed by atoms with Crippen LogP contribution < -0.4 is 10.5 Å². The molecule has 96 valence electrons. The third-order valence-electron chi connectivity index (χ3n) is 2.16. The van der Waals surface area contributed by atoms with Crippen molar-refractivity contribution < 1.29 is 18.6 Å². The van der Waals surface area contributed by atoms with Crippen LogP contribution in [-0.2, 0) is 10.0 Å². The maximum Gasteiger partial charge on any atom is 0.229 e. The summed E-state index contributed by atoms with van der Waals surface area (Å²) in [6.07, 6.45) is 0.0527. The van der Waals surface area contributed by atoms with Gasteiger partial charge in [0.1, 0.15) is 5.75 Å². The lowest BCUT2D eigenvalue weighted by atomic mass is 10.0. The van der Waals surface area contributed by atoms with E-state index in [9.17, 15) is 18.6 Å². The van der Waals surface area contributed by atoms with Gasteiger partial charge < -0.3 is 15.9 Å². The summed E-state index contributed by atoms with van der Waals surface area (Å²) in [4.78, 5) is 0. The number of nitrogens with two attached hydrogens (primary N) is 1. The van der Waals surface area contributed by atoms with Crippen molar-refractivity contribution in [1.29, 1.82) is 0 Å². The third-order valence-corrected chi connectivity index (χ3v) is 2.75.